The maximum absolute atomic E-state index is 4.03. The van der Waals surface area contributed by atoms with Crippen molar-refractivity contribution in [2.75, 3.05) is 13.1 Å². The second-order valence-electron chi connectivity index (χ2n) is 2.94. The minimum Gasteiger partial charge on any atom is -0.194 e. The fraction of sp³-hybridized carbons (Fsp3) is 1.00. The molecule has 0 aliphatic heterocycles. The number of rotatable bonds is 5. The minimum absolute atomic E-state index is 0.644. The zero-order chi connectivity index (χ0) is 7.82. The van der Waals surface area contributed by atoms with E-state index in [1.165, 1.54) is 12.8 Å². The van der Waals surface area contributed by atoms with Crippen molar-refractivity contribution < 1.29 is 0 Å². The molecular formula is C8H18N2. The number of azo groups is 1. The smallest absolute Gasteiger partial charge is 0.0621 e. The van der Waals surface area contributed by atoms with Gasteiger partial charge in [-0.05, 0) is 12.3 Å². The molecule has 0 aromatic carbocycles. The molecule has 0 saturated heterocycles. The summed E-state index contributed by atoms with van der Waals surface area (Å²) in [6, 6.07) is 0. The van der Waals surface area contributed by atoms with Crippen molar-refractivity contribution in [3.8, 4) is 0 Å². The normalized spacial score (nSPS) is 11.6. The molecule has 0 unspecified atom stereocenters. The first-order valence-corrected chi connectivity index (χ1v) is 4.10. The lowest BCUT2D eigenvalue weighted by atomic mass is 10.2. The van der Waals surface area contributed by atoms with E-state index in [1.54, 1.807) is 0 Å². The molecule has 0 aromatic rings. The van der Waals surface area contributed by atoms with Gasteiger partial charge in [-0.3, -0.25) is 0 Å². The zero-order valence-corrected chi connectivity index (χ0v) is 7.30. The van der Waals surface area contributed by atoms with Gasteiger partial charge in [0.1, 0.15) is 0 Å². The fourth-order valence-electron chi connectivity index (χ4n) is 0.521. The molecule has 0 aliphatic carbocycles. The van der Waals surface area contributed by atoms with Gasteiger partial charge in [0, 0.05) is 0 Å². The number of hydrogen-bond acceptors (Lipinski definition) is 2. The van der Waals surface area contributed by atoms with Crippen LogP contribution in [0.15, 0.2) is 10.2 Å². The first-order chi connectivity index (χ1) is 4.77. The molecule has 2 nitrogen and oxygen atoms in total. The lowest BCUT2D eigenvalue weighted by Gasteiger charge is -1.94. The lowest BCUT2D eigenvalue weighted by Crippen LogP contribution is -1.90. The Labute approximate surface area is 63.7 Å². The molecule has 0 radical (unpaired) electrons. The van der Waals surface area contributed by atoms with Crippen molar-refractivity contribution >= 4 is 0 Å². The van der Waals surface area contributed by atoms with E-state index in [0.29, 0.717) is 5.92 Å². The Morgan fingerprint density at radius 2 is 1.90 bits per heavy atom. The molecule has 0 N–H and O–H groups in total. The molecule has 60 valence electrons. The van der Waals surface area contributed by atoms with Crippen LogP contribution in [0.5, 0.6) is 0 Å². The number of nitrogens with zero attached hydrogens (tertiary/aromatic N) is 2. The monoisotopic (exact) mass is 142 g/mol. The Hall–Kier alpha value is -0.400. The SMILES string of the molecule is CCCCN=NCC(C)C. The van der Waals surface area contributed by atoms with Crippen molar-refractivity contribution in [2.24, 2.45) is 16.1 Å². The van der Waals surface area contributed by atoms with Crippen LogP contribution in [0.4, 0.5) is 0 Å². The first-order valence-electron chi connectivity index (χ1n) is 4.10. The average molecular weight is 142 g/mol. The molecule has 0 atom stereocenters. The van der Waals surface area contributed by atoms with Crippen LogP contribution in [0.3, 0.4) is 0 Å². The van der Waals surface area contributed by atoms with E-state index < -0.39 is 0 Å². The summed E-state index contributed by atoms with van der Waals surface area (Å²) < 4.78 is 0. The van der Waals surface area contributed by atoms with E-state index in [9.17, 15) is 0 Å². The Balaban J connectivity index is 3.04. The summed E-state index contributed by atoms with van der Waals surface area (Å²) in [7, 11) is 0. The predicted molar refractivity (Wildman–Crippen MR) is 44.3 cm³/mol. The van der Waals surface area contributed by atoms with E-state index >= 15 is 0 Å². The maximum Gasteiger partial charge on any atom is 0.0621 e. The molecule has 0 spiro atoms. The van der Waals surface area contributed by atoms with Crippen molar-refractivity contribution in [2.45, 2.75) is 33.6 Å². The van der Waals surface area contributed by atoms with Crippen LogP contribution in [-0.2, 0) is 0 Å². The summed E-state index contributed by atoms with van der Waals surface area (Å²) >= 11 is 0. The van der Waals surface area contributed by atoms with Crippen molar-refractivity contribution in [1.29, 1.82) is 0 Å². The van der Waals surface area contributed by atoms with Crippen LogP contribution in [0, 0.1) is 5.92 Å². The topological polar surface area (TPSA) is 24.7 Å². The van der Waals surface area contributed by atoms with Gasteiger partial charge in [-0.1, -0.05) is 27.2 Å². The molecule has 2 heteroatoms. The van der Waals surface area contributed by atoms with E-state index in [1.807, 2.05) is 0 Å². The highest BCUT2D eigenvalue weighted by molar-refractivity contribution is 4.45. The molecule has 0 amide bonds. The summed E-state index contributed by atoms with van der Waals surface area (Å²) in [6.07, 6.45) is 2.38. The van der Waals surface area contributed by atoms with Gasteiger partial charge in [-0.2, -0.15) is 10.2 Å². The predicted octanol–water partition coefficient (Wildman–Crippen LogP) is 2.89. The Morgan fingerprint density at radius 1 is 1.20 bits per heavy atom. The van der Waals surface area contributed by atoms with Gasteiger partial charge < -0.3 is 0 Å². The quantitative estimate of drug-likeness (QED) is 0.416. The van der Waals surface area contributed by atoms with Gasteiger partial charge in [0.05, 0.1) is 13.1 Å². The molecule has 0 bridgehead atoms. The van der Waals surface area contributed by atoms with Crippen LogP contribution < -0.4 is 0 Å². The van der Waals surface area contributed by atoms with Crippen LogP contribution in [0.25, 0.3) is 0 Å². The second-order valence-corrected chi connectivity index (χ2v) is 2.94. The largest absolute Gasteiger partial charge is 0.194 e. The summed E-state index contributed by atoms with van der Waals surface area (Å²) in [5.74, 6) is 0.644. The van der Waals surface area contributed by atoms with Gasteiger partial charge in [-0.25, -0.2) is 0 Å². The number of hydrogen-bond donors (Lipinski definition) is 0. The summed E-state index contributed by atoms with van der Waals surface area (Å²) in [6.45, 7) is 8.25. The average Bonchev–Trinajstić information content (AvgIpc) is 1.87. The molecular weight excluding hydrogens is 124 g/mol. The first kappa shape index (κ1) is 9.60. The fourth-order valence-corrected chi connectivity index (χ4v) is 0.521. The van der Waals surface area contributed by atoms with Gasteiger partial charge in [-0.15, -0.1) is 0 Å². The summed E-state index contributed by atoms with van der Waals surface area (Å²) in [4.78, 5) is 0. The Bertz CT molecular complexity index is 87.3. The van der Waals surface area contributed by atoms with Crippen molar-refractivity contribution in [1.82, 2.24) is 0 Å². The highest BCUT2D eigenvalue weighted by Gasteiger charge is 1.87. The van der Waals surface area contributed by atoms with E-state index in [4.69, 9.17) is 0 Å². The van der Waals surface area contributed by atoms with E-state index in [2.05, 4.69) is 31.0 Å². The van der Waals surface area contributed by atoms with Gasteiger partial charge >= 0.3 is 0 Å². The van der Waals surface area contributed by atoms with Crippen molar-refractivity contribution in [3.63, 3.8) is 0 Å². The highest BCUT2D eigenvalue weighted by Crippen LogP contribution is 1.93. The van der Waals surface area contributed by atoms with Crippen LogP contribution in [0.1, 0.15) is 33.6 Å². The van der Waals surface area contributed by atoms with E-state index in [0.717, 1.165) is 13.1 Å². The second kappa shape index (κ2) is 6.72. The van der Waals surface area contributed by atoms with Gasteiger partial charge in [0.2, 0.25) is 0 Å². The minimum atomic E-state index is 0.644. The van der Waals surface area contributed by atoms with Crippen LogP contribution >= 0.6 is 0 Å². The molecule has 0 fully saturated rings. The van der Waals surface area contributed by atoms with Crippen molar-refractivity contribution in [3.05, 3.63) is 0 Å². The third-order valence-electron chi connectivity index (χ3n) is 1.16. The molecule has 0 heterocycles. The zero-order valence-electron chi connectivity index (χ0n) is 7.30. The number of unbranched alkanes of at least 4 members (excludes halogenated alkanes) is 1. The molecule has 0 aromatic heterocycles. The Kier molecular flexibility index (Phi) is 6.45. The third-order valence-corrected chi connectivity index (χ3v) is 1.16. The maximum atomic E-state index is 4.03. The molecule has 0 saturated carbocycles. The standard InChI is InChI=1S/C8H18N2/c1-4-5-6-9-10-7-8(2)3/h8H,4-7H2,1-3H3. The highest BCUT2D eigenvalue weighted by atomic mass is 15.1. The molecule has 0 aliphatic rings. The summed E-state index contributed by atoms with van der Waals surface area (Å²) in [5, 5.41) is 8.06. The Morgan fingerprint density at radius 3 is 2.40 bits per heavy atom. The summed E-state index contributed by atoms with van der Waals surface area (Å²) in [5.41, 5.74) is 0. The molecule has 10 heavy (non-hydrogen) atoms. The van der Waals surface area contributed by atoms with Gasteiger partial charge in [0.25, 0.3) is 0 Å². The molecule has 0 rings (SSSR count). The van der Waals surface area contributed by atoms with Crippen LogP contribution in [-0.4, -0.2) is 13.1 Å². The lowest BCUT2D eigenvalue weighted by molar-refractivity contribution is 0.629. The van der Waals surface area contributed by atoms with E-state index in [-0.39, 0.29) is 0 Å². The van der Waals surface area contributed by atoms with Gasteiger partial charge in [0.15, 0.2) is 0 Å². The van der Waals surface area contributed by atoms with Crippen LogP contribution in [0.2, 0.25) is 0 Å². The third kappa shape index (κ3) is 7.60.